The highest BCUT2D eigenvalue weighted by atomic mass is 16.5. The molecule has 1 rings (SSSR count). The average Bonchev–Trinajstić information content (AvgIpc) is 2.43. The van der Waals surface area contributed by atoms with E-state index in [0.717, 1.165) is 0 Å². The van der Waals surface area contributed by atoms with Crippen molar-refractivity contribution in [3.8, 4) is 0 Å². The van der Waals surface area contributed by atoms with Crippen LogP contribution in [0.25, 0.3) is 0 Å². The molecule has 108 valence electrons. The van der Waals surface area contributed by atoms with Gasteiger partial charge in [-0.1, -0.05) is 19.1 Å². The van der Waals surface area contributed by atoms with Crippen LogP contribution in [0.2, 0.25) is 0 Å². The Balaban J connectivity index is 2.91. The van der Waals surface area contributed by atoms with Crippen LogP contribution in [0.3, 0.4) is 0 Å². The third-order valence-electron chi connectivity index (χ3n) is 2.68. The number of hydrogen-bond acceptors (Lipinski definition) is 4. The molecule has 0 saturated heterocycles. The van der Waals surface area contributed by atoms with Crippen LogP contribution < -0.4 is 10.6 Å². The van der Waals surface area contributed by atoms with Crippen molar-refractivity contribution in [3.63, 3.8) is 0 Å². The lowest BCUT2D eigenvalue weighted by molar-refractivity contribution is -0.142. The third kappa shape index (κ3) is 4.08. The number of ether oxygens (including phenoxy) is 1. The second-order valence-corrected chi connectivity index (χ2v) is 4.18. The number of nitrogens with one attached hydrogen (secondary N) is 2. The molecule has 1 aromatic rings. The fourth-order valence-corrected chi connectivity index (χ4v) is 1.69. The van der Waals surface area contributed by atoms with Crippen molar-refractivity contribution in [2.75, 3.05) is 12.4 Å². The van der Waals surface area contributed by atoms with Crippen LogP contribution in [0.4, 0.5) is 5.69 Å². The summed E-state index contributed by atoms with van der Waals surface area (Å²) in [4.78, 5) is 34.7. The normalized spacial score (nSPS) is 11.3. The van der Waals surface area contributed by atoms with E-state index in [1.807, 2.05) is 0 Å². The Morgan fingerprint density at radius 3 is 2.45 bits per heavy atom. The van der Waals surface area contributed by atoms with E-state index in [-0.39, 0.29) is 5.91 Å². The van der Waals surface area contributed by atoms with Gasteiger partial charge in [0.15, 0.2) is 0 Å². The third-order valence-corrected chi connectivity index (χ3v) is 2.68. The molecule has 1 aromatic carbocycles. The highest BCUT2D eigenvalue weighted by Gasteiger charge is 2.21. The predicted octanol–water partition coefficient (Wildman–Crippen LogP) is 1.33. The van der Waals surface area contributed by atoms with E-state index in [0.29, 0.717) is 17.7 Å². The fourth-order valence-electron chi connectivity index (χ4n) is 1.69. The highest BCUT2D eigenvalue weighted by molar-refractivity contribution is 6.04. The predicted molar refractivity (Wildman–Crippen MR) is 74.3 cm³/mol. The smallest absolute Gasteiger partial charge is 0.328 e. The topological polar surface area (TPSA) is 84.5 Å². The SMILES string of the molecule is CC[C@H](NC(=O)c1ccccc1NC(C)=O)C(=O)OC. The number of rotatable bonds is 5. The molecule has 0 fully saturated rings. The lowest BCUT2D eigenvalue weighted by Crippen LogP contribution is -2.41. The van der Waals surface area contributed by atoms with Crippen molar-refractivity contribution in [1.82, 2.24) is 5.32 Å². The Labute approximate surface area is 117 Å². The zero-order chi connectivity index (χ0) is 15.1. The van der Waals surface area contributed by atoms with Gasteiger partial charge in [0, 0.05) is 6.92 Å². The first kappa shape index (κ1) is 15.7. The maximum atomic E-state index is 12.2. The summed E-state index contributed by atoms with van der Waals surface area (Å²) in [5, 5.41) is 5.16. The van der Waals surface area contributed by atoms with Crippen molar-refractivity contribution >= 4 is 23.5 Å². The maximum Gasteiger partial charge on any atom is 0.328 e. The van der Waals surface area contributed by atoms with Crippen molar-refractivity contribution in [1.29, 1.82) is 0 Å². The number of para-hydroxylation sites is 1. The van der Waals surface area contributed by atoms with Crippen LogP contribution in [0.15, 0.2) is 24.3 Å². The van der Waals surface area contributed by atoms with Gasteiger partial charge >= 0.3 is 5.97 Å². The Hall–Kier alpha value is -2.37. The summed E-state index contributed by atoms with van der Waals surface area (Å²) in [5.74, 6) is -1.21. The molecular weight excluding hydrogens is 260 g/mol. The van der Waals surface area contributed by atoms with Gasteiger partial charge in [0.05, 0.1) is 18.4 Å². The van der Waals surface area contributed by atoms with Gasteiger partial charge in [0.1, 0.15) is 6.04 Å². The maximum absolute atomic E-state index is 12.2. The van der Waals surface area contributed by atoms with Crippen LogP contribution in [-0.2, 0) is 14.3 Å². The van der Waals surface area contributed by atoms with Gasteiger partial charge < -0.3 is 15.4 Å². The van der Waals surface area contributed by atoms with E-state index in [2.05, 4.69) is 15.4 Å². The van der Waals surface area contributed by atoms with Crippen LogP contribution in [0.1, 0.15) is 30.6 Å². The molecule has 0 aromatic heterocycles. The minimum atomic E-state index is -0.710. The number of carbonyl (C=O) groups excluding carboxylic acids is 3. The molecule has 6 heteroatoms. The number of carbonyl (C=O) groups is 3. The molecule has 0 spiro atoms. The van der Waals surface area contributed by atoms with Crippen molar-refractivity contribution in [3.05, 3.63) is 29.8 Å². The summed E-state index contributed by atoms with van der Waals surface area (Å²) >= 11 is 0. The van der Waals surface area contributed by atoms with E-state index in [1.54, 1.807) is 31.2 Å². The van der Waals surface area contributed by atoms with Crippen molar-refractivity contribution in [2.24, 2.45) is 0 Å². The number of hydrogen-bond donors (Lipinski definition) is 2. The molecule has 0 heterocycles. The number of methoxy groups -OCH3 is 1. The average molecular weight is 278 g/mol. The standard InChI is InChI=1S/C14H18N2O4/c1-4-11(14(19)20-3)16-13(18)10-7-5-6-8-12(10)15-9(2)17/h5-8,11H,4H2,1-3H3,(H,15,17)(H,16,18)/t11-/m0/s1. The first-order valence-corrected chi connectivity index (χ1v) is 6.24. The van der Waals surface area contributed by atoms with E-state index >= 15 is 0 Å². The monoisotopic (exact) mass is 278 g/mol. The molecule has 6 nitrogen and oxygen atoms in total. The van der Waals surface area contributed by atoms with Crippen molar-refractivity contribution in [2.45, 2.75) is 26.3 Å². The summed E-state index contributed by atoms with van der Waals surface area (Å²) in [5.41, 5.74) is 0.697. The largest absolute Gasteiger partial charge is 0.467 e. The molecule has 0 aliphatic carbocycles. The zero-order valence-electron chi connectivity index (χ0n) is 11.7. The first-order valence-electron chi connectivity index (χ1n) is 6.24. The number of anilines is 1. The van der Waals surface area contributed by atoms with Gasteiger partial charge in [-0.05, 0) is 18.6 Å². The molecule has 0 bridgehead atoms. The van der Waals surface area contributed by atoms with Gasteiger partial charge in [-0.25, -0.2) is 4.79 Å². The molecule has 2 N–H and O–H groups in total. The Kier molecular flexibility index (Phi) is 5.71. The molecule has 0 saturated carbocycles. The van der Waals surface area contributed by atoms with Crippen LogP contribution in [-0.4, -0.2) is 30.9 Å². The van der Waals surface area contributed by atoms with Crippen molar-refractivity contribution < 1.29 is 19.1 Å². The summed E-state index contributed by atoms with van der Waals surface area (Å²) in [6.07, 6.45) is 0.417. The van der Waals surface area contributed by atoms with Crippen LogP contribution >= 0.6 is 0 Å². The number of amides is 2. The molecule has 2 amide bonds. The molecular formula is C14H18N2O4. The number of esters is 1. The molecule has 0 aliphatic heterocycles. The summed E-state index contributed by atoms with van der Waals surface area (Å²) in [7, 11) is 1.27. The zero-order valence-corrected chi connectivity index (χ0v) is 11.7. The Morgan fingerprint density at radius 1 is 1.25 bits per heavy atom. The summed E-state index contributed by atoms with van der Waals surface area (Å²) in [6, 6.07) is 5.87. The van der Waals surface area contributed by atoms with Crippen LogP contribution in [0, 0.1) is 0 Å². The van der Waals surface area contributed by atoms with E-state index in [9.17, 15) is 14.4 Å². The van der Waals surface area contributed by atoms with Gasteiger partial charge in [0.25, 0.3) is 5.91 Å². The van der Waals surface area contributed by atoms with Crippen LogP contribution in [0.5, 0.6) is 0 Å². The second-order valence-electron chi connectivity index (χ2n) is 4.18. The van der Waals surface area contributed by atoms with Gasteiger partial charge in [-0.15, -0.1) is 0 Å². The summed E-state index contributed by atoms with van der Waals surface area (Å²) < 4.78 is 4.61. The fraction of sp³-hybridized carbons (Fsp3) is 0.357. The quantitative estimate of drug-likeness (QED) is 0.796. The van der Waals surface area contributed by atoms with E-state index < -0.39 is 17.9 Å². The van der Waals surface area contributed by atoms with Gasteiger partial charge in [0.2, 0.25) is 5.91 Å². The molecule has 0 radical (unpaired) electrons. The molecule has 1 atom stereocenters. The lowest BCUT2D eigenvalue weighted by Gasteiger charge is -2.16. The minimum Gasteiger partial charge on any atom is -0.467 e. The molecule has 0 aliphatic rings. The summed E-state index contributed by atoms with van der Waals surface area (Å²) in [6.45, 7) is 3.12. The first-order chi connectivity index (χ1) is 9.49. The Bertz CT molecular complexity index is 514. The minimum absolute atomic E-state index is 0.273. The lowest BCUT2D eigenvalue weighted by atomic mass is 10.1. The molecule has 0 unspecified atom stereocenters. The van der Waals surface area contributed by atoms with Gasteiger partial charge in [-0.2, -0.15) is 0 Å². The van der Waals surface area contributed by atoms with Gasteiger partial charge in [-0.3, -0.25) is 9.59 Å². The Morgan fingerprint density at radius 2 is 1.90 bits per heavy atom. The van der Waals surface area contributed by atoms with E-state index in [4.69, 9.17) is 0 Å². The number of benzene rings is 1. The molecule has 20 heavy (non-hydrogen) atoms. The highest BCUT2D eigenvalue weighted by Crippen LogP contribution is 2.15. The van der Waals surface area contributed by atoms with E-state index in [1.165, 1.54) is 14.0 Å². The second kappa shape index (κ2) is 7.28.